The van der Waals surface area contributed by atoms with Crippen LogP contribution in [0.5, 0.6) is 0 Å². The van der Waals surface area contributed by atoms with E-state index in [4.69, 9.17) is 4.74 Å². The first-order valence-corrected chi connectivity index (χ1v) is 6.25. The minimum atomic E-state index is -2.74. The summed E-state index contributed by atoms with van der Waals surface area (Å²) in [6, 6.07) is 8.72. The molecule has 19 heavy (non-hydrogen) atoms. The van der Waals surface area contributed by atoms with Crippen LogP contribution in [-0.2, 0) is 16.1 Å². The van der Waals surface area contributed by atoms with E-state index in [1.54, 1.807) is 0 Å². The Morgan fingerprint density at radius 2 is 2.11 bits per heavy atom. The number of hydrogen-bond donors (Lipinski definition) is 0. The van der Waals surface area contributed by atoms with Crippen LogP contribution in [0.4, 0.5) is 8.78 Å². The van der Waals surface area contributed by atoms with Crippen molar-refractivity contribution in [2.45, 2.75) is 31.4 Å². The number of nitrogens with zero attached hydrogens (tertiary/aromatic N) is 1. The summed E-state index contributed by atoms with van der Waals surface area (Å²) in [7, 11) is 1.29. The van der Waals surface area contributed by atoms with Gasteiger partial charge in [-0.25, -0.2) is 8.78 Å². The molecule has 1 fully saturated rings. The zero-order chi connectivity index (χ0) is 13.9. The minimum absolute atomic E-state index is 0.131. The number of hydrogen-bond acceptors (Lipinski definition) is 3. The molecule has 1 unspecified atom stereocenters. The van der Waals surface area contributed by atoms with Crippen molar-refractivity contribution >= 4 is 5.97 Å². The molecule has 0 radical (unpaired) electrons. The molecule has 0 saturated carbocycles. The Balaban J connectivity index is 2.13. The highest BCUT2D eigenvalue weighted by molar-refractivity contribution is 5.75. The Hall–Kier alpha value is -1.49. The lowest BCUT2D eigenvalue weighted by atomic mass is 9.98. The van der Waals surface area contributed by atoms with Crippen molar-refractivity contribution in [3.63, 3.8) is 0 Å². The van der Waals surface area contributed by atoms with E-state index < -0.39 is 24.5 Å². The zero-order valence-corrected chi connectivity index (χ0v) is 10.8. The molecule has 2 rings (SSSR count). The summed E-state index contributed by atoms with van der Waals surface area (Å²) in [5, 5.41) is 0. The van der Waals surface area contributed by atoms with E-state index in [1.165, 1.54) is 12.0 Å². The number of esters is 1. The fourth-order valence-electron chi connectivity index (χ4n) is 2.40. The monoisotopic (exact) mass is 269 g/mol. The summed E-state index contributed by atoms with van der Waals surface area (Å²) in [6.45, 7) is -0.0716. The lowest BCUT2D eigenvalue weighted by molar-refractivity contribution is -0.156. The second-order valence-electron chi connectivity index (χ2n) is 4.82. The highest BCUT2D eigenvalue weighted by Crippen LogP contribution is 2.31. The van der Waals surface area contributed by atoms with Gasteiger partial charge in [-0.05, 0) is 12.0 Å². The smallest absolute Gasteiger partial charge is 0.323 e. The Morgan fingerprint density at radius 3 is 2.74 bits per heavy atom. The molecule has 1 saturated heterocycles. The topological polar surface area (TPSA) is 29.5 Å². The van der Waals surface area contributed by atoms with Crippen molar-refractivity contribution in [2.75, 3.05) is 13.7 Å². The van der Waals surface area contributed by atoms with Crippen molar-refractivity contribution in [3.05, 3.63) is 35.9 Å². The number of benzene rings is 1. The van der Waals surface area contributed by atoms with Gasteiger partial charge in [-0.1, -0.05) is 30.3 Å². The van der Waals surface area contributed by atoms with Gasteiger partial charge in [0.15, 0.2) is 0 Å². The lowest BCUT2D eigenvalue weighted by Gasteiger charge is -2.37. The van der Waals surface area contributed by atoms with Crippen molar-refractivity contribution in [2.24, 2.45) is 0 Å². The highest BCUT2D eigenvalue weighted by Gasteiger charge is 2.42. The molecule has 1 aliphatic rings. The van der Waals surface area contributed by atoms with E-state index in [2.05, 4.69) is 0 Å². The summed E-state index contributed by atoms with van der Waals surface area (Å²) >= 11 is 0. The normalized spacial score (nSPS) is 23.0. The van der Waals surface area contributed by atoms with E-state index >= 15 is 0 Å². The molecule has 5 heteroatoms. The molecule has 1 aromatic rings. The highest BCUT2D eigenvalue weighted by atomic mass is 19.3. The van der Waals surface area contributed by atoms with E-state index in [-0.39, 0.29) is 12.8 Å². The number of carbonyl (C=O) groups is 1. The number of carbonyl (C=O) groups excluding carboxylic acids is 1. The number of piperidine rings is 1. The maximum atomic E-state index is 13.5. The summed E-state index contributed by atoms with van der Waals surface area (Å²) in [6.07, 6.45) is -0.134. The summed E-state index contributed by atoms with van der Waals surface area (Å²) in [5.74, 6) is -3.18. The molecular formula is C14H17F2NO2. The lowest BCUT2D eigenvalue weighted by Crippen LogP contribution is -2.51. The maximum absolute atomic E-state index is 13.5. The second kappa shape index (κ2) is 5.65. The number of likely N-dealkylation sites (tertiary alicyclic amines) is 1. The Bertz CT molecular complexity index is 436. The SMILES string of the molecule is COC(=O)C1CCC(F)(F)CN1Cc1ccccc1. The third kappa shape index (κ3) is 3.50. The first-order chi connectivity index (χ1) is 9.02. The Labute approximate surface area is 111 Å². The molecule has 0 N–H and O–H groups in total. The molecule has 0 amide bonds. The van der Waals surface area contributed by atoms with Crippen LogP contribution in [0.3, 0.4) is 0 Å². The largest absolute Gasteiger partial charge is 0.468 e. The molecule has 0 bridgehead atoms. The van der Waals surface area contributed by atoms with Gasteiger partial charge in [-0.3, -0.25) is 9.69 Å². The summed E-state index contributed by atoms with van der Waals surface area (Å²) in [4.78, 5) is 13.2. The van der Waals surface area contributed by atoms with Gasteiger partial charge in [-0.2, -0.15) is 0 Å². The maximum Gasteiger partial charge on any atom is 0.323 e. The first-order valence-electron chi connectivity index (χ1n) is 6.25. The van der Waals surface area contributed by atoms with Crippen LogP contribution in [-0.4, -0.2) is 36.5 Å². The van der Waals surface area contributed by atoms with Gasteiger partial charge in [0.2, 0.25) is 0 Å². The fourth-order valence-corrected chi connectivity index (χ4v) is 2.40. The molecule has 1 aliphatic heterocycles. The molecule has 0 spiro atoms. The van der Waals surface area contributed by atoms with E-state index in [0.29, 0.717) is 6.54 Å². The van der Waals surface area contributed by atoms with Crippen LogP contribution >= 0.6 is 0 Å². The average Bonchev–Trinajstić information content (AvgIpc) is 2.38. The minimum Gasteiger partial charge on any atom is -0.468 e. The van der Waals surface area contributed by atoms with Gasteiger partial charge in [0.05, 0.1) is 13.7 Å². The molecular weight excluding hydrogens is 252 g/mol. The third-order valence-corrected chi connectivity index (χ3v) is 3.36. The molecule has 104 valence electrons. The first kappa shape index (κ1) is 13.9. The average molecular weight is 269 g/mol. The van der Waals surface area contributed by atoms with Crippen molar-refractivity contribution in [1.82, 2.24) is 4.90 Å². The quantitative estimate of drug-likeness (QED) is 0.789. The van der Waals surface area contributed by atoms with Crippen LogP contribution in [0.1, 0.15) is 18.4 Å². The predicted molar refractivity (Wildman–Crippen MR) is 66.8 cm³/mol. The van der Waals surface area contributed by atoms with Crippen LogP contribution in [0.15, 0.2) is 30.3 Å². The molecule has 1 aromatic carbocycles. The molecule has 0 aliphatic carbocycles. The molecule has 1 atom stereocenters. The molecule has 1 heterocycles. The zero-order valence-electron chi connectivity index (χ0n) is 10.8. The number of methoxy groups -OCH3 is 1. The molecule has 3 nitrogen and oxygen atoms in total. The fraction of sp³-hybridized carbons (Fsp3) is 0.500. The number of halogens is 2. The van der Waals surface area contributed by atoms with E-state index in [0.717, 1.165) is 5.56 Å². The van der Waals surface area contributed by atoms with Gasteiger partial charge in [-0.15, -0.1) is 0 Å². The second-order valence-corrected chi connectivity index (χ2v) is 4.82. The Kier molecular flexibility index (Phi) is 4.14. The van der Waals surface area contributed by atoms with Gasteiger partial charge >= 0.3 is 5.97 Å². The number of rotatable bonds is 3. The molecule has 0 aromatic heterocycles. The number of alkyl halides is 2. The Morgan fingerprint density at radius 1 is 1.42 bits per heavy atom. The summed E-state index contributed by atoms with van der Waals surface area (Å²) < 4.78 is 31.7. The third-order valence-electron chi connectivity index (χ3n) is 3.36. The summed E-state index contributed by atoms with van der Waals surface area (Å²) in [5.41, 5.74) is 0.911. The standard InChI is InChI=1S/C14H17F2NO2/c1-19-13(18)12-7-8-14(15,16)10-17(12)9-11-5-3-2-4-6-11/h2-6,12H,7-10H2,1H3. The van der Waals surface area contributed by atoms with E-state index in [9.17, 15) is 13.6 Å². The van der Waals surface area contributed by atoms with Gasteiger partial charge in [0, 0.05) is 13.0 Å². The van der Waals surface area contributed by atoms with Crippen LogP contribution in [0.2, 0.25) is 0 Å². The van der Waals surface area contributed by atoms with Crippen LogP contribution < -0.4 is 0 Å². The van der Waals surface area contributed by atoms with E-state index in [1.807, 2.05) is 30.3 Å². The van der Waals surface area contributed by atoms with Crippen LogP contribution in [0.25, 0.3) is 0 Å². The predicted octanol–water partition coefficient (Wildman–Crippen LogP) is 2.46. The van der Waals surface area contributed by atoms with Crippen molar-refractivity contribution in [1.29, 1.82) is 0 Å². The van der Waals surface area contributed by atoms with Gasteiger partial charge in [0.1, 0.15) is 6.04 Å². The van der Waals surface area contributed by atoms with Gasteiger partial charge in [0.25, 0.3) is 5.92 Å². The number of ether oxygens (including phenoxy) is 1. The van der Waals surface area contributed by atoms with Crippen molar-refractivity contribution in [3.8, 4) is 0 Å². The van der Waals surface area contributed by atoms with Crippen molar-refractivity contribution < 1.29 is 18.3 Å². The van der Waals surface area contributed by atoms with Gasteiger partial charge < -0.3 is 4.74 Å². The van der Waals surface area contributed by atoms with Crippen LogP contribution in [0, 0.1) is 0 Å².